The highest BCUT2D eigenvalue weighted by Gasteiger charge is 2.30. The molecule has 0 radical (unpaired) electrons. The fraction of sp³-hybridized carbons (Fsp3) is 0.600. The first-order valence-electron chi connectivity index (χ1n) is 12.1. The topological polar surface area (TPSA) is 53.9 Å². The van der Waals surface area contributed by atoms with Gasteiger partial charge in [0.2, 0.25) is 0 Å². The summed E-state index contributed by atoms with van der Waals surface area (Å²) in [5.41, 5.74) is 5.61. The summed E-state index contributed by atoms with van der Waals surface area (Å²) in [5.74, 6) is 0.612. The molecule has 1 atom stereocenters. The minimum atomic E-state index is 0.110. The normalized spacial score (nSPS) is 24.8. The molecule has 0 aromatic carbocycles. The lowest BCUT2D eigenvalue weighted by Crippen LogP contribution is -2.42. The van der Waals surface area contributed by atoms with Gasteiger partial charge in [-0.15, -0.1) is 0 Å². The second-order valence-corrected chi connectivity index (χ2v) is 9.80. The van der Waals surface area contributed by atoms with Crippen LogP contribution in [0.25, 0.3) is 16.6 Å². The molecule has 3 aliphatic carbocycles. The lowest BCUT2D eigenvalue weighted by Gasteiger charge is -2.36. The highest BCUT2D eigenvalue weighted by molar-refractivity contribution is 5.96. The van der Waals surface area contributed by atoms with Gasteiger partial charge in [-0.05, 0) is 69.4 Å². The van der Waals surface area contributed by atoms with Gasteiger partial charge < -0.3 is 9.88 Å². The zero-order valence-corrected chi connectivity index (χ0v) is 17.8. The van der Waals surface area contributed by atoms with Gasteiger partial charge in [0.1, 0.15) is 11.3 Å². The zero-order chi connectivity index (χ0) is 20.1. The van der Waals surface area contributed by atoms with Crippen LogP contribution in [0.5, 0.6) is 0 Å². The Morgan fingerprint density at radius 1 is 1.03 bits per heavy atom. The number of fused-ring (bicyclic) bond motifs is 3. The molecule has 1 saturated carbocycles. The Morgan fingerprint density at radius 3 is 2.60 bits per heavy atom. The van der Waals surface area contributed by atoms with Crippen LogP contribution in [0.1, 0.15) is 68.2 Å². The van der Waals surface area contributed by atoms with Crippen LogP contribution in [0.3, 0.4) is 0 Å². The number of rotatable bonds is 4. The molecule has 4 aliphatic rings. The zero-order valence-electron chi connectivity index (χ0n) is 17.8. The summed E-state index contributed by atoms with van der Waals surface area (Å²) in [4.78, 5) is 18.9. The average molecular weight is 405 g/mol. The van der Waals surface area contributed by atoms with Gasteiger partial charge in [0, 0.05) is 35.7 Å². The molecule has 5 nitrogen and oxygen atoms in total. The van der Waals surface area contributed by atoms with Gasteiger partial charge in [-0.2, -0.15) is 5.10 Å². The Morgan fingerprint density at radius 2 is 1.83 bits per heavy atom. The van der Waals surface area contributed by atoms with Gasteiger partial charge in [0.15, 0.2) is 0 Å². The van der Waals surface area contributed by atoms with E-state index in [0.717, 1.165) is 48.8 Å². The molecule has 1 N–H and O–H groups in total. The van der Waals surface area contributed by atoms with Gasteiger partial charge >= 0.3 is 0 Å². The fourth-order valence-electron chi connectivity index (χ4n) is 6.27. The molecule has 158 valence electrons. The van der Waals surface area contributed by atoms with E-state index >= 15 is 0 Å². The van der Waals surface area contributed by atoms with Crippen molar-refractivity contribution in [1.29, 1.82) is 0 Å². The van der Waals surface area contributed by atoms with Crippen molar-refractivity contribution in [2.24, 2.45) is 5.92 Å². The first kappa shape index (κ1) is 18.6. The number of likely N-dealkylation sites (tertiary alicyclic amines) is 1. The van der Waals surface area contributed by atoms with E-state index in [0.29, 0.717) is 5.92 Å². The smallest absolute Gasteiger partial charge is 0.253 e. The number of hydrogen-bond acceptors (Lipinski definition) is 3. The third-order valence-corrected chi connectivity index (χ3v) is 7.88. The highest BCUT2D eigenvalue weighted by Crippen LogP contribution is 2.35. The van der Waals surface area contributed by atoms with Gasteiger partial charge in [-0.25, -0.2) is 4.68 Å². The summed E-state index contributed by atoms with van der Waals surface area (Å²) in [5, 5.41) is 6.30. The molecular weight excluding hydrogens is 372 g/mol. The summed E-state index contributed by atoms with van der Waals surface area (Å²) in [6.45, 7) is 3.35. The van der Waals surface area contributed by atoms with Gasteiger partial charge in [0.25, 0.3) is 5.56 Å². The lowest BCUT2D eigenvalue weighted by atomic mass is 9.89. The van der Waals surface area contributed by atoms with Crippen LogP contribution in [-0.2, 0) is 19.4 Å². The third kappa shape index (κ3) is 3.09. The van der Waals surface area contributed by atoms with E-state index in [1.54, 1.807) is 0 Å². The molecule has 1 aliphatic heterocycles. The molecule has 1 saturated heterocycles. The number of aromatic amines is 1. The highest BCUT2D eigenvalue weighted by atomic mass is 16.1. The van der Waals surface area contributed by atoms with Crippen molar-refractivity contribution in [2.45, 2.75) is 76.8 Å². The van der Waals surface area contributed by atoms with E-state index in [1.807, 2.05) is 0 Å². The molecule has 0 amide bonds. The molecule has 0 spiro atoms. The molecule has 5 heteroatoms. The molecule has 6 rings (SSSR count). The largest absolute Gasteiger partial charge is 0.307 e. The van der Waals surface area contributed by atoms with E-state index in [1.165, 1.54) is 74.6 Å². The SMILES string of the molecule is O=c1[nH]c2c(c(C3=CC=C3)nn2CC2CCCN(C3CCCC3)C2)c2c1CCCC2. The number of nitrogens with one attached hydrogen (secondary N) is 1. The fourth-order valence-corrected chi connectivity index (χ4v) is 6.27. The number of H-pyrrole nitrogens is 1. The van der Waals surface area contributed by atoms with Crippen molar-refractivity contribution in [3.05, 3.63) is 45.4 Å². The van der Waals surface area contributed by atoms with Crippen LogP contribution < -0.4 is 5.56 Å². The monoisotopic (exact) mass is 404 g/mol. The number of aromatic nitrogens is 3. The van der Waals surface area contributed by atoms with Crippen molar-refractivity contribution in [3.63, 3.8) is 0 Å². The molecule has 2 aromatic rings. The van der Waals surface area contributed by atoms with E-state index in [4.69, 9.17) is 5.10 Å². The number of hydrogen-bond donors (Lipinski definition) is 1. The van der Waals surface area contributed by atoms with Crippen LogP contribution in [-0.4, -0.2) is 38.8 Å². The van der Waals surface area contributed by atoms with E-state index in [-0.39, 0.29) is 5.56 Å². The molecule has 2 aromatic heterocycles. The summed E-state index contributed by atoms with van der Waals surface area (Å²) in [6, 6.07) is 0.801. The standard InChI is InChI=1S/C25H32N4O/c30-25-21-13-4-3-12-20(21)22-23(18-8-5-9-18)27-29(24(22)26-25)16-17-7-6-14-28(15-17)19-10-1-2-11-19/h5,8-9,17,19H,1-4,6-7,10-16H2,(H,26,30). The van der Waals surface area contributed by atoms with Crippen molar-refractivity contribution >= 4 is 16.6 Å². The maximum absolute atomic E-state index is 12.9. The van der Waals surface area contributed by atoms with Crippen LogP contribution in [0.15, 0.2) is 23.0 Å². The predicted octanol–water partition coefficient (Wildman–Crippen LogP) is 4.21. The number of aryl methyl sites for hydroxylation is 1. The minimum Gasteiger partial charge on any atom is -0.307 e. The Kier molecular flexibility index (Phi) is 4.67. The van der Waals surface area contributed by atoms with Crippen molar-refractivity contribution in [1.82, 2.24) is 19.7 Å². The molecule has 2 fully saturated rings. The second kappa shape index (κ2) is 7.52. The quantitative estimate of drug-likeness (QED) is 0.830. The molecule has 1 unspecified atom stereocenters. The first-order valence-corrected chi connectivity index (χ1v) is 12.1. The minimum absolute atomic E-state index is 0.110. The maximum atomic E-state index is 12.9. The molecular formula is C25H32N4O. The average Bonchev–Trinajstić information content (AvgIpc) is 3.37. The van der Waals surface area contributed by atoms with Crippen LogP contribution in [0.2, 0.25) is 0 Å². The maximum Gasteiger partial charge on any atom is 0.253 e. The van der Waals surface area contributed by atoms with Gasteiger partial charge in [-0.1, -0.05) is 31.1 Å². The van der Waals surface area contributed by atoms with Crippen LogP contribution >= 0.6 is 0 Å². The van der Waals surface area contributed by atoms with Gasteiger partial charge in [-0.3, -0.25) is 4.79 Å². The number of piperidine rings is 1. The number of pyridine rings is 1. The van der Waals surface area contributed by atoms with Crippen molar-refractivity contribution in [3.8, 4) is 0 Å². The summed E-state index contributed by atoms with van der Waals surface area (Å²) in [7, 11) is 0. The van der Waals surface area contributed by atoms with E-state index < -0.39 is 0 Å². The number of nitrogens with zero attached hydrogens (tertiary/aromatic N) is 3. The number of allylic oxidation sites excluding steroid dienone is 4. The van der Waals surface area contributed by atoms with Crippen molar-refractivity contribution < 1.29 is 0 Å². The molecule has 3 heterocycles. The summed E-state index contributed by atoms with van der Waals surface area (Å²) in [6.07, 6.45) is 18.7. The first-order chi connectivity index (χ1) is 14.8. The Labute approximate surface area is 177 Å². The Balaban J connectivity index is 1.37. The van der Waals surface area contributed by atoms with E-state index in [9.17, 15) is 4.79 Å². The Hall–Kier alpha value is -2.14. The van der Waals surface area contributed by atoms with Crippen molar-refractivity contribution in [2.75, 3.05) is 13.1 Å². The second-order valence-electron chi connectivity index (χ2n) is 9.80. The summed E-state index contributed by atoms with van der Waals surface area (Å²) < 4.78 is 2.14. The molecule has 30 heavy (non-hydrogen) atoms. The third-order valence-electron chi connectivity index (χ3n) is 7.88. The molecule has 0 bridgehead atoms. The van der Waals surface area contributed by atoms with Gasteiger partial charge in [0.05, 0.1) is 0 Å². The van der Waals surface area contributed by atoms with Crippen LogP contribution in [0.4, 0.5) is 0 Å². The predicted molar refractivity (Wildman–Crippen MR) is 121 cm³/mol. The van der Waals surface area contributed by atoms with E-state index in [2.05, 4.69) is 32.8 Å². The summed E-state index contributed by atoms with van der Waals surface area (Å²) >= 11 is 0. The van der Waals surface area contributed by atoms with Crippen LogP contribution in [0, 0.1) is 5.92 Å². The lowest BCUT2D eigenvalue weighted by molar-refractivity contribution is 0.115. The Bertz CT molecular complexity index is 1080.